The van der Waals surface area contributed by atoms with Crippen LogP contribution < -0.4 is 4.90 Å². The summed E-state index contributed by atoms with van der Waals surface area (Å²) in [5.74, 6) is 0.254. The highest BCUT2D eigenvalue weighted by molar-refractivity contribution is 6.88. The summed E-state index contributed by atoms with van der Waals surface area (Å²) < 4.78 is 0. The van der Waals surface area contributed by atoms with E-state index in [4.69, 9.17) is 0 Å². The summed E-state index contributed by atoms with van der Waals surface area (Å²) in [5.41, 5.74) is 8.16. The van der Waals surface area contributed by atoms with E-state index in [0.29, 0.717) is 11.1 Å². The van der Waals surface area contributed by atoms with Crippen molar-refractivity contribution < 1.29 is 4.79 Å². The van der Waals surface area contributed by atoms with E-state index in [2.05, 4.69) is 97.9 Å². The highest BCUT2D eigenvalue weighted by Crippen LogP contribution is 2.70. The molecule has 2 nitrogen and oxygen atoms in total. The molecular weight excluding hydrogens is 406 g/mol. The maximum Gasteiger partial charge on any atom is 0.236 e. The number of rotatable bonds is 3. The fourth-order valence-electron chi connectivity index (χ4n) is 7.53. The lowest BCUT2D eigenvalue weighted by molar-refractivity contribution is -0.124. The number of allylic oxidation sites excluding steroid dienone is 1. The smallest absolute Gasteiger partial charge is 0.236 e. The second-order valence-corrected chi connectivity index (χ2v) is 17.5. The molecule has 0 saturated carbocycles. The van der Waals surface area contributed by atoms with Crippen LogP contribution in [0.4, 0.5) is 5.69 Å². The number of aryl methyl sites for hydroxylation is 1. The molecule has 2 aromatic rings. The Morgan fingerprint density at radius 1 is 0.875 bits per heavy atom. The summed E-state index contributed by atoms with van der Waals surface area (Å²) in [7, 11) is -0.0423. The fraction of sp³-hybridized carbons (Fsp3) is 0.483. The summed E-state index contributed by atoms with van der Waals surface area (Å²) in [6, 6.07) is 18.5. The normalized spacial score (nSPS) is 24.1. The van der Waals surface area contributed by atoms with E-state index >= 15 is 0 Å². The Kier molecular flexibility index (Phi) is 5.36. The lowest BCUT2D eigenvalue weighted by atomic mass is 9.69. The second kappa shape index (κ2) is 7.45. The Morgan fingerprint density at radius 2 is 1.44 bits per heavy atom. The standard InChI is InChI=1S/C29H39NOSi/c1-19(2)32(20(3)4)18-29(8)26(23-12-10-11-13-24(23)30(9)27(29)31)25(28(32,6)7)22-16-14-21(5)15-17-22/h10-17,19-20H,18H2,1-9H3/t29-/m0/s1. The molecule has 1 atom stereocenters. The number of anilines is 1. The van der Waals surface area contributed by atoms with Crippen LogP contribution in [0.3, 0.4) is 0 Å². The average Bonchev–Trinajstić information content (AvgIpc) is 2.73. The SMILES string of the molecule is Cc1ccc(C2=C3c4ccccc4N(C)C(=O)[C@@]3(C)C[Si](C(C)C)(C(C)C)C2(C)C)cc1. The van der Waals surface area contributed by atoms with Crippen molar-refractivity contribution in [2.24, 2.45) is 5.41 Å². The number of nitrogens with zero attached hydrogens (tertiary/aromatic N) is 1. The monoisotopic (exact) mass is 445 g/mol. The first-order chi connectivity index (χ1) is 14.9. The number of para-hydroxylation sites is 1. The van der Waals surface area contributed by atoms with Gasteiger partial charge in [0.1, 0.15) is 0 Å². The van der Waals surface area contributed by atoms with Gasteiger partial charge in [0.05, 0.1) is 19.2 Å². The van der Waals surface area contributed by atoms with Gasteiger partial charge in [-0.3, -0.25) is 4.79 Å². The van der Waals surface area contributed by atoms with Crippen LogP contribution in [0.5, 0.6) is 0 Å². The molecule has 170 valence electrons. The van der Waals surface area contributed by atoms with Crippen molar-refractivity contribution in [2.75, 3.05) is 11.9 Å². The number of carbonyl (C=O) groups excluding carboxylic acids is 1. The highest BCUT2D eigenvalue weighted by Gasteiger charge is 2.64. The van der Waals surface area contributed by atoms with Gasteiger partial charge in [0.2, 0.25) is 5.91 Å². The third kappa shape index (κ3) is 2.86. The van der Waals surface area contributed by atoms with E-state index in [1.165, 1.54) is 27.8 Å². The van der Waals surface area contributed by atoms with Gasteiger partial charge in [-0.25, -0.2) is 0 Å². The zero-order valence-corrected chi connectivity index (χ0v) is 22.3. The lowest BCUT2D eigenvalue weighted by Crippen LogP contribution is -2.61. The third-order valence-corrected chi connectivity index (χ3v) is 16.9. The molecule has 32 heavy (non-hydrogen) atoms. The van der Waals surface area contributed by atoms with Crippen LogP contribution in [-0.2, 0) is 4.79 Å². The van der Waals surface area contributed by atoms with Gasteiger partial charge in [0.15, 0.2) is 0 Å². The van der Waals surface area contributed by atoms with Crippen LogP contribution >= 0.6 is 0 Å². The van der Waals surface area contributed by atoms with Crippen LogP contribution in [0.1, 0.15) is 65.2 Å². The van der Waals surface area contributed by atoms with Crippen molar-refractivity contribution in [3.63, 3.8) is 0 Å². The molecule has 2 heterocycles. The molecule has 0 N–H and O–H groups in total. The zero-order valence-electron chi connectivity index (χ0n) is 21.3. The molecule has 4 rings (SSSR count). The summed E-state index contributed by atoms with van der Waals surface area (Å²) in [6.45, 7) is 19.0. The van der Waals surface area contributed by atoms with Gasteiger partial charge in [-0.05, 0) is 47.7 Å². The molecule has 0 bridgehead atoms. The summed E-state index contributed by atoms with van der Waals surface area (Å²) in [6.07, 6.45) is 0. The van der Waals surface area contributed by atoms with Gasteiger partial charge < -0.3 is 4.90 Å². The largest absolute Gasteiger partial charge is 0.314 e. The maximum atomic E-state index is 14.1. The Hall–Kier alpha value is -2.13. The molecule has 1 amide bonds. The maximum absolute atomic E-state index is 14.1. The van der Waals surface area contributed by atoms with E-state index < -0.39 is 13.5 Å². The molecule has 0 fully saturated rings. The first-order valence-corrected chi connectivity index (χ1v) is 14.5. The minimum Gasteiger partial charge on any atom is -0.314 e. The predicted octanol–water partition coefficient (Wildman–Crippen LogP) is 7.95. The second-order valence-electron chi connectivity index (χ2n) is 11.5. The summed E-state index contributed by atoms with van der Waals surface area (Å²) in [4.78, 5) is 16.1. The Labute approximate surface area is 195 Å². The molecule has 0 aromatic heterocycles. The van der Waals surface area contributed by atoms with Crippen molar-refractivity contribution in [2.45, 2.75) is 77.6 Å². The van der Waals surface area contributed by atoms with Crippen LogP contribution in [0.15, 0.2) is 48.5 Å². The summed E-state index contributed by atoms with van der Waals surface area (Å²) in [5, 5.41) is 0.0305. The highest BCUT2D eigenvalue weighted by atomic mass is 28.3. The molecule has 2 aliphatic heterocycles. The van der Waals surface area contributed by atoms with Crippen molar-refractivity contribution in [1.82, 2.24) is 0 Å². The predicted molar refractivity (Wildman–Crippen MR) is 141 cm³/mol. The van der Waals surface area contributed by atoms with Crippen molar-refractivity contribution in [3.8, 4) is 0 Å². The molecule has 0 spiro atoms. The number of hydrogen-bond donors (Lipinski definition) is 0. The minimum atomic E-state index is -2.00. The molecular formula is C29H39NOSi. The first kappa shape index (κ1) is 23.0. The molecule has 2 aromatic carbocycles. The van der Waals surface area contributed by atoms with E-state index in [-0.39, 0.29) is 10.9 Å². The fourth-order valence-corrected chi connectivity index (χ4v) is 15.2. The van der Waals surface area contributed by atoms with E-state index in [0.717, 1.165) is 11.7 Å². The van der Waals surface area contributed by atoms with E-state index in [1.807, 2.05) is 18.0 Å². The number of benzene rings is 2. The first-order valence-electron chi connectivity index (χ1n) is 12.1. The minimum absolute atomic E-state index is 0.0305. The Balaban J connectivity index is 2.21. The molecule has 0 radical (unpaired) electrons. The Bertz CT molecular complexity index is 1080. The van der Waals surface area contributed by atoms with Gasteiger partial charge in [0.25, 0.3) is 0 Å². The zero-order chi connectivity index (χ0) is 23.6. The van der Waals surface area contributed by atoms with Gasteiger partial charge >= 0.3 is 0 Å². The summed E-state index contributed by atoms with van der Waals surface area (Å²) >= 11 is 0. The number of hydrogen-bond acceptors (Lipinski definition) is 1. The number of carbonyl (C=O) groups is 1. The van der Waals surface area contributed by atoms with Crippen molar-refractivity contribution >= 4 is 30.8 Å². The average molecular weight is 446 g/mol. The van der Waals surface area contributed by atoms with Crippen LogP contribution in [-0.4, -0.2) is 21.0 Å². The van der Waals surface area contributed by atoms with Gasteiger partial charge in [-0.2, -0.15) is 0 Å². The van der Waals surface area contributed by atoms with Gasteiger partial charge in [-0.15, -0.1) is 0 Å². The van der Waals surface area contributed by atoms with E-state index in [1.54, 1.807) is 0 Å². The molecule has 0 unspecified atom stereocenters. The lowest BCUT2D eigenvalue weighted by Gasteiger charge is -2.61. The van der Waals surface area contributed by atoms with Crippen molar-refractivity contribution in [3.05, 3.63) is 65.2 Å². The molecule has 0 aliphatic carbocycles. The molecule has 3 heteroatoms. The van der Waals surface area contributed by atoms with Crippen LogP contribution in [0.2, 0.25) is 22.2 Å². The van der Waals surface area contributed by atoms with E-state index in [9.17, 15) is 4.79 Å². The van der Waals surface area contributed by atoms with Crippen LogP contribution in [0.25, 0.3) is 11.1 Å². The Morgan fingerprint density at radius 3 is 2.00 bits per heavy atom. The third-order valence-electron chi connectivity index (χ3n) is 8.95. The number of amides is 1. The van der Waals surface area contributed by atoms with Gasteiger partial charge in [0, 0.05) is 12.6 Å². The van der Waals surface area contributed by atoms with Crippen LogP contribution in [0, 0.1) is 12.3 Å². The number of fused-ring (bicyclic) bond motifs is 3. The topological polar surface area (TPSA) is 20.3 Å². The molecule has 0 saturated heterocycles. The molecule has 2 aliphatic rings. The quantitative estimate of drug-likeness (QED) is 0.439. The van der Waals surface area contributed by atoms with Crippen molar-refractivity contribution in [1.29, 1.82) is 0 Å². The van der Waals surface area contributed by atoms with Gasteiger partial charge in [-0.1, -0.05) is 101 Å².